The maximum absolute atomic E-state index is 12.3. The van der Waals surface area contributed by atoms with Gasteiger partial charge in [0.2, 0.25) is 15.9 Å². The van der Waals surface area contributed by atoms with Crippen molar-refractivity contribution in [3.8, 4) is 0 Å². The summed E-state index contributed by atoms with van der Waals surface area (Å²) in [6, 6.07) is 11.7. The maximum atomic E-state index is 12.3. The van der Waals surface area contributed by atoms with Gasteiger partial charge in [0.1, 0.15) is 6.54 Å². The number of amides is 3. The highest BCUT2D eigenvalue weighted by Crippen LogP contribution is 2.22. The van der Waals surface area contributed by atoms with Gasteiger partial charge in [0, 0.05) is 11.7 Å². The molecule has 28 heavy (non-hydrogen) atoms. The zero-order valence-electron chi connectivity index (χ0n) is 15.3. The van der Waals surface area contributed by atoms with Crippen LogP contribution in [-0.4, -0.2) is 43.6 Å². The maximum Gasteiger partial charge on any atom is 0.262 e. The van der Waals surface area contributed by atoms with Gasteiger partial charge in [0.05, 0.1) is 16.0 Å². The van der Waals surface area contributed by atoms with E-state index in [0.29, 0.717) is 5.69 Å². The van der Waals surface area contributed by atoms with Gasteiger partial charge in [0.15, 0.2) is 0 Å². The molecule has 3 rings (SSSR count). The summed E-state index contributed by atoms with van der Waals surface area (Å²) in [5, 5.41) is 2.56. The summed E-state index contributed by atoms with van der Waals surface area (Å²) in [7, 11) is -3.63. The van der Waals surface area contributed by atoms with Crippen molar-refractivity contribution in [1.82, 2.24) is 9.62 Å². The van der Waals surface area contributed by atoms with E-state index in [1.165, 1.54) is 36.4 Å². The van der Waals surface area contributed by atoms with Crippen molar-refractivity contribution >= 4 is 33.4 Å². The summed E-state index contributed by atoms with van der Waals surface area (Å²) in [5.74, 6) is -1.60. The van der Waals surface area contributed by atoms with Crippen LogP contribution in [0.4, 0.5) is 5.69 Å². The van der Waals surface area contributed by atoms with Gasteiger partial charge in [-0.05, 0) is 50.2 Å². The van der Waals surface area contributed by atoms with Gasteiger partial charge in [-0.3, -0.25) is 19.3 Å². The molecule has 0 radical (unpaired) electrons. The lowest BCUT2D eigenvalue weighted by Crippen LogP contribution is -2.37. The second kappa shape index (κ2) is 7.53. The van der Waals surface area contributed by atoms with E-state index < -0.39 is 34.3 Å². The third-order valence-corrected chi connectivity index (χ3v) is 5.69. The van der Waals surface area contributed by atoms with Crippen LogP contribution in [0.15, 0.2) is 53.4 Å². The largest absolute Gasteiger partial charge is 0.325 e. The molecule has 0 fully saturated rings. The molecule has 0 atom stereocenters. The molecule has 0 bridgehead atoms. The molecule has 0 saturated carbocycles. The highest BCUT2D eigenvalue weighted by Gasteiger charge is 2.36. The molecule has 0 spiro atoms. The van der Waals surface area contributed by atoms with Crippen molar-refractivity contribution < 1.29 is 22.8 Å². The van der Waals surface area contributed by atoms with Crippen molar-refractivity contribution in [3.63, 3.8) is 0 Å². The number of hydrogen-bond acceptors (Lipinski definition) is 5. The van der Waals surface area contributed by atoms with Crippen LogP contribution in [0.2, 0.25) is 0 Å². The van der Waals surface area contributed by atoms with Gasteiger partial charge in [-0.25, -0.2) is 13.1 Å². The number of sulfonamides is 1. The molecule has 1 aliphatic heterocycles. The lowest BCUT2D eigenvalue weighted by molar-refractivity contribution is -0.116. The summed E-state index contributed by atoms with van der Waals surface area (Å²) in [4.78, 5) is 37.8. The van der Waals surface area contributed by atoms with Gasteiger partial charge in [-0.15, -0.1) is 0 Å². The molecule has 9 heteroatoms. The number of imide groups is 1. The lowest BCUT2D eigenvalue weighted by atomic mass is 10.1. The smallest absolute Gasteiger partial charge is 0.262 e. The van der Waals surface area contributed by atoms with Gasteiger partial charge < -0.3 is 5.32 Å². The number of carbonyl (C=O) groups is 3. The first-order valence-electron chi connectivity index (χ1n) is 8.56. The highest BCUT2D eigenvalue weighted by atomic mass is 32.2. The van der Waals surface area contributed by atoms with Crippen molar-refractivity contribution in [2.75, 3.05) is 11.9 Å². The average molecular weight is 401 g/mol. The molecular formula is C19H19N3O5S. The predicted molar refractivity (Wildman–Crippen MR) is 102 cm³/mol. The molecule has 0 unspecified atom stereocenters. The van der Waals surface area contributed by atoms with Gasteiger partial charge in [-0.2, -0.15) is 0 Å². The number of hydrogen-bond donors (Lipinski definition) is 2. The minimum atomic E-state index is -3.63. The van der Waals surface area contributed by atoms with Crippen LogP contribution in [-0.2, 0) is 14.8 Å². The number of carbonyl (C=O) groups excluding carboxylic acids is 3. The fourth-order valence-corrected chi connectivity index (χ4v) is 4.07. The SMILES string of the molecule is CC(C)NS(=O)(=O)c1ccc(NC(=O)CN2C(=O)c3ccccc3C2=O)cc1. The Morgan fingerprint density at radius 3 is 2.00 bits per heavy atom. The Morgan fingerprint density at radius 1 is 0.964 bits per heavy atom. The Bertz CT molecular complexity index is 1010. The minimum absolute atomic E-state index is 0.0690. The first kappa shape index (κ1) is 19.7. The summed E-state index contributed by atoms with van der Waals surface area (Å²) in [6.07, 6.45) is 0. The summed E-state index contributed by atoms with van der Waals surface area (Å²) >= 11 is 0. The highest BCUT2D eigenvalue weighted by molar-refractivity contribution is 7.89. The van der Waals surface area contributed by atoms with Crippen molar-refractivity contribution in [3.05, 3.63) is 59.7 Å². The van der Waals surface area contributed by atoms with E-state index in [4.69, 9.17) is 0 Å². The molecule has 0 saturated heterocycles. The van der Waals surface area contributed by atoms with Crippen molar-refractivity contribution in [2.45, 2.75) is 24.8 Å². The van der Waals surface area contributed by atoms with Crippen LogP contribution in [0, 0.1) is 0 Å². The second-order valence-electron chi connectivity index (χ2n) is 6.59. The van der Waals surface area contributed by atoms with Crippen molar-refractivity contribution in [1.29, 1.82) is 0 Å². The quantitative estimate of drug-likeness (QED) is 0.714. The third-order valence-electron chi connectivity index (χ3n) is 4.02. The molecular weight excluding hydrogens is 382 g/mol. The van der Waals surface area contributed by atoms with E-state index in [1.807, 2.05) is 0 Å². The monoisotopic (exact) mass is 401 g/mol. The summed E-state index contributed by atoms with van der Waals surface area (Å²) < 4.78 is 26.7. The molecule has 2 aromatic rings. The molecule has 8 nitrogen and oxygen atoms in total. The molecule has 1 aliphatic rings. The molecule has 1 heterocycles. The lowest BCUT2D eigenvalue weighted by Gasteiger charge is -2.14. The van der Waals surface area contributed by atoms with E-state index in [0.717, 1.165) is 4.90 Å². The molecule has 0 aromatic heterocycles. The van der Waals surface area contributed by atoms with E-state index in [2.05, 4.69) is 10.0 Å². The van der Waals surface area contributed by atoms with Crippen LogP contribution in [0.1, 0.15) is 34.6 Å². The van der Waals surface area contributed by atoms with Crippen molar-refractivity contribution in [2.24, 2.45) is 0 Å². The Morgan fingerprint density at radius 2 is 1.50 bits per heavy atom. The standard InChI is InChI=1S/C19H19N3O5S/c1-12(2)21-28(26,27)14-9-7-13(8-10-14)20-17(23)11-22-18(24)15-5-3-4-6-16(15)19(22)25/h3-10,12,21H,11H2,1-2H3,(H,20,23). The Hall–Kier alpha value is -3.04. The fourth-order valence-electron chi connectivity index (χ4n) is 2.82. The third kappa shape index (κ3) is 3.95. The predicted octanol–water partition coefficient (Wildman–Crippen LogP) is 1.61. The van der Waals surface area contributed by atoms with Gasteiger partial charge >= 0.3 is 0 Å². The van der Waals surface area contributed by atoms with E-state index in [1.54, 1.807) is 26.0 Å². The second-order valence-corrected chi connectivity index (χ2v) is 8.30. The van der Waals surface area contributed by atoms with Crippen LogP contribution in [0.5, 0.6) is 0 Å². The van der Waals surface area contributed by atoms with Crippen LogP contribution in [0.3, 0.4) is 0 Å². The summed E-state index contributed by atoms with van der Waals surface area (Å²) in [6.45, 7) is 3.00. The Kier molecular flexibility index (Phi) is 5.30. The molecule has 0 aliphatic carbocycles. The Labute approximate surface area is 162 Å². The minimum Gasteiger partial charge on any atom is -0.325 e. The van der Waals surface area contributed by atoms with E-state index in [9.17, 15) is 22.8 Å². The van der Waals surface area contributed by atoms with Crippen LogP contribution >= 0.6 is 0 Å². The fraction of sp³-hybridized carbons (Fsp3) is 0.211. The normalized spacial score (nSPS) is 13.8. The molecule has 146 valence electrons. The number of fused-ring (bicyclic) bond motifs is 1. The topological polar surface area (TPSA) is 113 Å². The number of rotatable bonds is 6. The van der Waals surface area contributed by atoms with Gasteiger partial charge in [0.25, 0.3) is 11.8 Å². The van der Waals surface area contributed by atoms with E-state index >= 15 is 0 Å². The number of anilines is 1. The van der Waals surface area contributed by atoms with Gasteiger partial charge in [-0.1, -0.05) is 12.1 Å². The zero-order chi connectivity index (χ0) is 20.5. The zero-order valence-corrected chi connectivity index (χ0v) is 16.1. The molecule has 2 aromatic carbocycles. The summed E-state index contributed by atoms with van der Waals surface area (Å²) in [5.41, 5.74) is 0.894. The Balaban J connectivity index is 1.66. The average Bonchev–Trinajstić information content (AvgIpc) is 2.86. The first-order chi connectivity index (χ1) is 13.2. The van der Waals surface area contributed by atoms with Crippen LogP contribution < -0.4 is 10.0 Å². The molecule has 2 N–H and O–H groups in total. The van der Waals surface area contributed by atoms with Crippen LogP contribution in [0.25, 0.3) is 0 Å². The first-order valence-corrected chi connectivity index (χ1v) is 10.0. The number of nitrogens with one attached hydrogen (secondary N) is 2. The molecule has 3 amide bonds. The van der Waals surface area contributed by atoms with E-state index in [-0.39, 0.29) is 22.1 Å². The number of benzene rings is 2. The number of nitrogens with zero attached hydrogens (tertiary/aromatic N) is 1.